The Morgan fingerprint density at radius 2 is 2.24 bits per heavy atom. The molecule has 2 aliphatic rings. The average Bonchev–Trinajstić information content (AvgIpc) is 2.81. The van der Waals surface area contributed by atoms with Gasteiger partial charge in [0.15, 0.2) is 0 Å². The van der Waals surface area contributed by atoms with Gasteiger partial charge in [-0.3, -0.25) is 4.79 Å². The molecule has 2 saturated heterocycles. The highest BCUT2D eigenvalue weighted by Gasteiger charge is 2.40. The molecule has 0 aromatic carbocycles. The van der Waals surface area contributed by atoms with Crippen LogP contribution in [-0.4, -0.2) is 38.3 Å². The lowest BCUT2D eigenvalue weighted by atomic mass is 9.81. The summed E-state index contributed by atoms with van der Waals surface area (Å²) in [5, 5.41) is 6.56. The van der Waals surface area contributed by atoms with Crippen LogP contribution in [0.2, 0.25) is 0 Å². The van der Waals surface area contributed by atoms with Crippen molar-refractivity contribution < 1.29 is 9.53 Å². The molecule has 0 saturated carbocycles. The molecule has 2 heterocycles. The van der Waals surface area contributed by atoms with E-state index in [0.717, 1.165) is 58.4 Å². The lowest BCUT2D eigenvalue weighted by Gasteiger charge is -2.31. The quantitative estimate of drug-likeness (QED) is 0.772. The first-order valence-electron chi connectivity index (χ1n) is 6.86. The molecular formula is C13H24N2O2. The maximum atomic E-state index is 12.4. The third-order valence-corrected chi connectivity index (χ3v) is 4.01. The number of amides is 1. The van der Waals surface area contributed by atoms with Crippen LogP contribution in [0.15, 0.2) is 0 Å². The van der Waals surface area contributed by atoms with E-state index in [2.05, 4.69) is 17.6 Å². The summed E-state index contributed by atoms with van der Waals surface area (Å²) in [6, 6.07) is 0.325. The fourth-order valence-corrected chi connectivity index (χ4v) is 2.92. The molecule has 0 radical (unpaired) electrons. The van der Waals surface area contributed by atoms with Crippen LogP contribution in [0.4, 0.5) is 0 Å². The molecule has 0 aromatic heterocycles. The van der Waals surface area contributed by atoms with Crippen LogP contribution >= 0.6 is 0 Å². The van der Waals surface area contributed by atoms with Crippen molar-refractivity contribution in [3.8, 4) is 0 Å². The van der Waals surface area contributed by atoms with Gasteiger partial charge < -0.3 is 15.4 Å². The zero-order chi connectivity index (χ0) is 12.1. The Hall–Kier alpha value is -0.610. The fourth-order valence-electron chi connectivity index (χ4n) is 2.92. The van der Waals surface area contributed by atoms with Crippen LogP contribution in [0.3, 0.4) is 0 Å². The summed E-state index contributed by atoms with van der Waals surface area (Å²) >= 11 is 0. The third kappa shape index (κ3) is 2.99. The van der Waals surface area contributed by atoms with Crippen molar-refractivity contribution in [3.63, 3.8) is 0 Å². The van der Waals surface area contributed by atoms with E-state index in [1.54, 1.807) is 0 Å². The number of hydrogen-bond acceptors (Lipinski definition) is 3. The third-order valence-electron chi connectivity index (χ3n) is 4.01. The molecular weight excluding hydrogens is 216 g/mol. The van der Waals surface area contributed by atoms with Crippen molar-refractivity contribution in [2.45, 2.75) is 45.1 Å². The van der Waals surface area contributed by atoms with Gasteiger partial charge in [0.05, 0.1) is 5.41 Å². The lowest BCUT2D eigenvalue weighted by molar-refractivity contribution is -0.131. The Morgan fingerprint density at radius 1 is 1.47 bits per heavy atom. The highest BCUT2D eigenvalue weighted by molar-refractivity contribution is 5.83. The number of ether oxygens (including phenoxy) is 1. The standard InChI is InChI=1S/C13H24N2O2/c1-2-5-13(6-7-14-10-13)12(16)15-11-3-8-17-9-4-11/h11,14H,2-10H2,1H3,(H,15,16). The van der Waals surface area contributed by atoms with Crippen molar-refractivity contribution in [1.82, 2.24) is 10.6 Å². The van der Waals surface area contributed by atoms with Gasteiger partial charge in [0.2, 0.25) is 5.91 Å². The first-order chi connectivity index (χ1) is 8.27. The molecule has 17 heavy (non-hydrogen) atoms. The Labute approximate surface area is 103 Å². The average molecular weight is 240 g/mol. The maximum Gasteiger partial charge on any atom is 0.227 e. The van der Waals surface area contributed by atoms with Crippen molar-refractivity contribution in [2.75, 3.05) is 26.3 Å². The largest absolute Gasteiger partial charge is 0.381 e. The minimum atomic E-state index is -0.146. The van der Waals surface area contributed by atoms with Crippen molar-refractivity contribution in [2.24, 2.45) is 5.41 Å². The summed E-state index contributed by atoms with van der Waals surface area (Å²) < 4.78 is 5.32. The molecule has 2 fully saturated rings. The molecule has 98 valence electrons. The summed E-state index contributed by atoms with van der Waals surface area (Å²) in [6.45, 7) is 5.53. The summed E-state index contributed by atoms with van der Waals surface area (Å²) in [6.07, 6.45) is 4.97. The molecule has 4 heteroatoms. The normalized spacial score (nSPS) is 30.4. The van der Waals surface area contributed by atoms with E-state index in [4.69, 9.17) is 4.74 Å². The minimum Gasteiger partial charge on any atom is -0.381 e. The van der Waals surface area contributed by atoms with Gasteiger partial charge in [0.1, 0.15) is 0 Å². The zero-order valence-electron chi connectivity index (χ0n) is 10.8. The van der Waals surface area contributed by atoms with Crippen molar-refractivity contribution >= 4 is 5.91 Å². The molecule has 0 aromatic rings. The Balaban J connectivity index is 1.91. The Bertz CT molecular complexity index is 256. The maximum absolute atomic E-state index is 12.4. The van der Waals surface area contributed by atoms with E-state index in [9.17, 15) is 4.79 Å². The topological polar surface area (TPSA) is 50.4 Å². The van der Waals surface area contributed by atoms with Crippen LogP contribution in [0.1, 0.15) is 39.0 Å². The number of carbonyl (C=O) groups is 1. The molecule has 1 amide bonds. The molecule has 1 unspecified atom stereocenters. The molecule has 2 N–H and O–H groups in total. The van der Waals surface area contributed by atoms with Gasteiger partial charge in [-0.15, -0.1) is 0 Å². The lowest BCUT2D eigenvalue weighted by Crippen LogP contribution is -2.48. The van der Waals surface area contributed by atoms with Crippen LogP contribution < -0.4 is 10.6 Å². The monoisotopic (exact) mass is 240 g/mol. The number of rotatable bonds is 4. The van der Waals surface area contributed by atoms with Gasteiger partial charge in [-0.2, -0.15) is 0 Å². The van der Waals surface area contributed by atoms with Gasteiger partial charge >= 0.3 is 0 Å². The highest BCUT2D eigenvalue weighted by Crippen LogP contribution is 2.31. The summed E-state index contributed by atoms with van der Waals surface area (Å²) in [4.78, 5) is 12.4. The van der Waals surface area contributed by atoms with E-state index in [1.807, 2.05) is 0 Å². The molecule has 0 bridgehead atoms. The number of nitrogens with one attached hydrogen (secondary N) is 2. The van der Waals surface area contributed by atoms with Crippen LogP contribution in [0, 0.1) is 5.41 Å². The van der Waals surface area contributed by atoms with E-state index < -0.39 is 0 Å². The number of hydrogen-bond donors (Lipinski definition) is 2. The molecule has 0 aliphatic carbocycles. The van der Waals surface area contributed by atoms with E-state index >= 15 is 0 Å². The molecule has 2 rings (SSSR count). The highest BCUT2D eigenvalue weighted by atomic mass is 16.5. The Morgan fingerprint density at radius 3 is 2.82 bits per heavy atom. The summed E-state index contributed by atoms with van der Waals surface area (Å²) in [7, 11) is 0. The summed E-state index contributed by atoms with van der Waals surface area (Å²) in [5.74, 6) is 0.260. The van der Waals surface area contributed by atoms with E-state index in [-0.39, 0.29) is 11.3 Å². The number of carbonyl (C=O) groups excluding carboxylic acids is 1. The SMILES string of the molecule is CCCC1(C(=O)NC2CCOCC2)CCNC1. The second-order valence-corrected chi connectivity index (χ2v) is 5.32. The van der Waals surface area contributed by atoms with Crippen LogP contribution in [0.25, 0.3) is 0 Å². The fraction of sp³-hybridized carbons (Fsp3) is 0.923. The predicted molar refractivity (Wildman–Crippen MR) is 66.8 cm³/mol. The van der Waals surface area contributed by atoms with Gasteiger partial charge in [0, 0.05) is 25.8 Å². The van der Waals surface area contributed by atoms with Gasteiger partial charge in [0.25, 0.3) is 0 Å². The van der Waals surface area contributed by atoms with Crippen LogP contribution in [-0.2, 0) is 9.53 Å². The van der Waals surface area contributed by atoms with Gasteiger partial charge in [-0.1, -0.05) is 13.3 Å². The first-order valence-corrected chi connectivity index (χ1v) is 6.86. The smallest absolute Gasteiger partial charge is 0.227 e. The van der Waals surface area contributed by atoms with E-state index in [0.29, 0.717) is 6.04 Å². The second-order valence-electron chi connectivity index (χ2n) is 5.32. The van der Waals surface area contributed by atoms with E-state index in [1.165, 1.54) is 0 Å². The second kappa shape index (κ2) is 5.83. The van der Waals surface area contributed by atoms with Crippen molar-refractivity contribution in [3.05, 3.63) is 0 Å². The first kappa shape index (κ1) is 12.8. The van der Waals surface area contributed by atoms with Gasteiger partial charge in [-0.25, -0.2) is 0 Å². The van der Waals surface area contributed by atoms with Crippen LogP contribution in [0.5, 0.6) is 0 Å². The summed E-state index contributed by atoms with van der Waals surface area (Å²) in [5.41, 5.74) is -0.146. The van der Waals surface area contributed by atoms with Crippen molar-refractivity contribution in [1.29, 1.82) is 0 Å². The molecule has 1 atom stereocenters. The molecule has 0 spiro atoms. The molecule has 4 nitrogen and oxygen atoms in total. The molecule has 2 aliphatic heterocycles. The predicted octanol–water partition coefficient (Wildman–Crippen LogP) is 1.06. The van der Waals surface area contributed by atoms with Gasteiger partial charge in [-0.05, 0) is 32.2 Å². The Kier molecular flexibility index (Phi) is 4.40. The minimum absolute atomic E-state index is 0.146. The zero-order valence-corrected chi connectivity index (χ0v) is 10.8.